The molecule has 4 heteroatoms. The number of hydrogen-bond acceptors (Lipinski definition) is 4. The molecule has 0 aliphatic carbocycles. The van der Waals surface area contributed by atoms with Gasteiger partial charge in [0.15, 0.2) is 11.5 Å². The highest BCUT2D eigenvalue weighted by molar-refractivity contribution is 5.62. The standard InChI is InChI=1S/C15H14N4/c16-10-13-15(19-8-4-5-9-19)17-11-14(18-13)12-6-2-1-3-7-12/h1-3,6-7,11H,4-5,8-9H2. The molecule has 2 aromatic rings. The summed E-state index contributed by atoms with van der Waals surface area (Å²) in [5.74, 6) is 0.722. The van der Waals surface area contributed by atoms with E-state index in [2.05, 4.69) is 20.9 Å². The average molecular weight is 250 g/mol. The highest BCUT2D eigenvalue weighted by Gasteiger charge is 2.18. The maximum Gasteiger partial charge on any atom is 0.183 e. The van der Waals surface area contributed by atoms with Crippen LogP contribution in [0.4, 0.5) is 5.82 Å². The number of aromatic nitrogens is 2. The maximum atomic E-state index is 9.27. The number of benzene rings is 1. The Morgan fingerprint density at radius 2 is 1.84 bits per heavy atom. The number of anilines is 1. The monoisotopic (exact) mass is 250 g/mol. The van der Waals surface area contributed by atoms with Crippen molar-refractivity contribution in [3.63, 3.8) is 0 Å². The van der Waals surface area contributed by atoms with E-state index in [-0.39, 0.29) is 0 Å². The van der Waals surface area contributed by atoms with Gasteiger partial charge in [-0.3, -0.25) is 0 Å². The van der Waals surface area contributed by atoms with Crippen molar-refractivity contribution in [2.24, 2.45) is 0 Å². The summed E-state index contributed by atoms with van der Waals surface area (Å²) in [4.78, 5) is 11.0. The van der Waals surface area contributed by atoms with E-state index in [9.17, 15) is 5.26 Å². The number of hydrogen-bond donors (Lipinski definition) is 0. The first-order chi connectivity index (χ1) is 9.38. The normalized spacial score (nSPS) is 14.4. The maximum absolute atomic E-state index is 9.27. The van der Waals surface area contributed by atoms with Crippen molar-refractivity contribution in [3.8, 4) is 17.3 Å². The van der Waals surface area contributed by atoms with Crippen molar-refractivity contribution in [2.75, 3.05) is 18.0 Å². The van der Waals surface area contributed by atoms with E-state index in [4.69, 9.17) is 0 Å². The highest BCUT2D eigenvalue weighted by Crippen LogP contribution is 2.23. The van der Waals surface area contributed by atoms with Gasteiger partial charge in [0.1, 0.15) is 6.07 Å². The molecule has 0 amide bonds. The molecule has 0 N–H and O–H groups in total. The van der Waals surface area contributed by atoms with Crippen molar-refractivity contribution < 1.29 is 0 Å². The van der Waals surface area contributed by atoms with Crippen LogP contribution in [0, 0.1) is 11.3 Å². The largest absolute Gasteiger partial charge is 0.354 e. The molecule has 1 aromatic carbocycles. The Morgan fingerprint density at radius 1 is 1.11 bits per heavy atom. The van der Waals surface area contributed by atoms with Gasteiger partial charge >= 0.3 is 0 Å². The average Bonchev–Trinajstić information content (AvgIpc) is 3.01. The minimum Gasteiger partial charge on any atom is -0.354 e. The van der Waals surface area contributed by atoms with Crippen LogP contribution in [0.3, 0.4) is 0 Å². The van der Waals surface area contributed by atoms with Crippen LogP contribution in [-0.2, 0) is 0 Å². The van der Waals surface area contributed by atoms with Crippen LogP contribution < -0.4 is 4.90 Å². The predicted molar refractivity (Wildman–Crippen MR) is 73.6 cm³/mol. The summed E-state index contributed by atoms with van der Waals surface area (Å²) in [5, 5.41) is 9.27. The van der Waals surface area contributed by atoms with Gasteiger partial charge in [-0.15, -0.1) is 0 Å². The second kappa shape index (κ2) is 5.07. The molecule has 1 saturated heterocycles. The van der Waals surface area contributed by atoms with Crippen LogP contribution in [0.5, 0.6) is 0 Å². The summed E-state index contributed by atoms with van der Waals surface area (Å²) in [7, 11) is 0. The Morgan fingerprint density at radius 3 is 2.53 bits per heavy atom. The summed E-state index contributed by atoms with van der Waals surface area (Å²) in [6.45, 7) is 1.93. The lowest BCUT2D eigenvalue weighted by atomic mass is 10.1. The third-order valence-corrected chi connectivity index (χ3v) is 3.33. The van der Waals surface area contributed by atoms with Crippen LogP contribution in [0.1, 0.15) is 18.5 Å². The lowest BCUT2D eigenvalue weighted by molar-refractivity contribution is 0.921. The van der Waals surface area contributed by atoms with Gasteiger partial charge in [0, 0.05) is 18.7 Å². The molecule has 0 radical (unpaired) electrons. The first kappa shape index (κ1) is 11.7. The zero-order chi connectivity index (χ0) is 13.1. The minimum absolute atomic E-state index is 0.420. The second-order valence-electron chi connectivity index (χ2n) is 4.60. The molecule has 0 unspecified atom stereocenters. The van der Waals surface area contributed by atoms with Crippen molar-refractivity contribution in [1.82, 2.24) is 9.97 Å². The van der Waals surface area contributed by atoms with Gasteiger partial charge in [-0.25, -0.2) is 9.97 Å². The van der Waals surface area contributed by atoms with Crippen LogP contribution >= 0.6 is 0 Å². The molecule has 0 atom stereocenters. The molecular formula is C15H14N4. The van der Waals surface area contributed by atoms with E-state index in [0.717, 1.165) is 43.0 Å². The molecule has 94 valence electrons. The lowest BCUT2D eigenvalue weighted by Crippen LogP contribution is -2.20. The van der Waals surface area contributed by atoms with Crippen molar-refractivity contribution in [3.05, 3.63) is 42.2 Å². The van der Waals surface area contributed by atoms with Gasteiger partial charge in [-0.1, -0.05) is 30.3 Å². The quantitative estimate of drug-likeness (QED) is 0.822. The fourth-order valence-electron chi connectivity index (χ4n) is 2.37. The molecule has 1 aliphatic heterocycles. The number of nitrogens with zero attached hydrogens (tertiary/aromatic N) is 4. The molecule has 4 nitrogen and oxygen atoms in total. The van der Waals surface area contributed by atoms with E-state index >= 15 is 0 Å². The third-order valence-electron chi connectivity index (χ3n) is 3.33. The molecule has 0 saturated carbocycles. The lowest BCUT2D eigenvalue weighted by Gasteiger charge is -2.17. The van der Waals surface area contributed by atoms with E-state index in [0.29, 0.717) is 5.69 Å². The molecule has 1 aliphatic rings. The van der Waals surface area contributed by atoms with Crippen LogP contribution in [0.25, 0.3) is 11.3 Å². The molecule has 3 rings (SSSR count). The van der Waals surface area contributed by atoms with Gasteiger partial charge < -0.3 is 4.90 Å². The predicted octanol–water partition coefficient (Wildman–Crippen LogP) is 2.62. The van der Waals surface area contributed by atoms with E-state index in [1.807, 2.05) is 30.3 Å². The van der Waals surface area contributed by atoms with Crippen LogP contribution in [0.15, 0.2) is 36.5 Å². The van der Waals surface area contributed by atoms with Gasteiger partial charge in [0.25, 0.3) is 0 Å². The SMILES string of the molecule is N#Cc1nc(-c2ccccc2)cnc1N1CCCC1. The minimum atomic E-state index is 0.420. The fourth-order valence-corrected chi connectivity index (χ4v) is 2.37. The number of nitriles is 1. The summed E-state index contributed by atoms with van der Waals surface area (Å²) in [6.07, 6.45) is 4.07. The summed E-state index contributed by atoms with van der Waals surface area (Å²) >= 11 is 0. The molecule has 0 spiro atoms. The summed E-state index contributed by atoms with van der Waals surface area (Å²) in [6, 6.07) is 12.0. The summed E-state index contributed by atoms with van der Waals surface area (Å²) in [5.41, 5.74) is 2.16. The van der Waals surface area contributed by atoms with Crippen molar-refractivity contribution in [2.45, 2.75) is 12.8 Å². The molecule has 1 aromatic heterocycles. The summed E-state index contributed by atoms with van der Waals surface area (Å²) < 4.78 is 0. The molecule has 0 bridgehead atoms. The van der Waals surface area contributed by atoms with Crippen molar-refractivity contribution in [1.29, 1.82) is 5.26 Å². The van der Waals surface area contributed by atoms with Gasteiger partial charge in [0.05, 0.1) is 11.9 Å². The van der Waals surface area contributed by atoms with E-state index in [1.54, 1.807) is 6.20 Å². The smallest absolute Gasteiger partial charge is 0.183 e. The van der Waals surface area contributed by atoms with Crippen LogP contribution in [-0.4, -0.2) is 23.1 Å². The topological polar surface area (TPSA) is 52.8 Å². The Hall–Kier alpha value is -2.41. The van der Waals surface area contributed by atoms with E-state index < -0.39 is 0 Å². The Kier molecular flexibility index (Phi) is 3.11. The first-order valence-electron chi connectivity index (χ1n) is 6.46. The second-order valence-corrected chi connectivity index (χ2v) is 4.60. The van der Waals surface area contributed by atoms with Gasteiger partial charge in [0.2, 0.25) is 0 Å². The Labute approximate surface area is 112 Å². The highest BCUT2D eigenvalue weighted by atomic mass is 15.2. The fraction of sp³-hybridized carbons (Fsp3) is 0.267. The molecule has 2 heterocycles. The third kappa shape index (κ3) is 2.27. The first-order valence-corrected chi connectivity index (χ1v) is 6.46. The Balaban J connectivity index is 2.00. The van der Waals surface area contributed by atoms with Gasteiger partial charge in [-0.2, -0.15) is 5.26 Å². The van der Waals surface area contributed by atoms with E-state index in [1.165, 1.54) is 0 Å². The molecule has 1 fully saturated rings. The van der Waals surface area contributed by atoms with Crippen LogP contribution in [0.2, 0.25) is 0 Å². The zero-order valence-corrected chi connectivity index (χ0v) is 10.6. The molecule has 19 heavy (non-hydrogen) atoms. The van der Waals surface area contributed by atoms with Gasteiger partial charge in [-0.05, 0) is 12.8 Å². The Bertz CT molecular complexity index is 610. The van der Waals surface area contributed by atoms with Crippen molar-refractivity contribution >= 4 is 5.82 Å². The molecular weight excluding hydrogens is 236 g/mol. The number of rotatable bonds is 2. The zero-order valence-electron chi connectivity index (χ0n) is 10.6.